The van der Waals surface area contributed by atoms with Gasteiger partial charge in [-0.2, -0.15) is 0 Å². The third-order valence-electron chi connectivity index (χ3n) is 4.14. The van der Waals surface area contributed by atoms with Gasteiger partial charge in [-0.05, 0) is 31.6 Å². The highest BCUT2D eigenvalue weighted by Crippen LogP contribution is 2.49. The van der Waals surface area contributed by atoms with Crippen molar-refractivity contribution >= 4 is 11.9 Å². The van der Waals surface area contributed by atoms with Gasteiger partial charge >= 0.3 is 11.9 Å². The Morgan fingerprint density at radius 3 is 2.55 bits per heavy atom. The number of ether oxygens (including phenoxy) is 1. The second kappa shape index (κ2) is 5.98. The van der Waals surface area contributed by atoms with E-state index in [-0.39, 0.29) is 6.42 Å². The van der Waals surface area contributed by atoms with Crippen molar-refractivity contribution in [1.29, 1.82) is 0 Å². The number of carbonyl (C=O) groups is 2. The summed E-state index contributed by atoms with van der Waals surface area (Å²) in [5.74, 6) is -1.69. The molecule has 0 aromatic carbocycles. The van der Waals surface area contributed by atoms with Crippen molar-refractivity contribution < 1.29 is 19.4 Å². The minimum Gasteiger partial charge on any atom is -0.481 e. The van der Waals surface area contributed by atoms with Crippen LogP contribution >= 0.6 is 0 Å². The summed E-state index contributed by atoms with van der Waals surface area (Å²) in [6.45, 7) is 11.1. The summed E-state index contributed by atoms with van der Waals surface area (Å²) in [6, 6.07) is 0. The Hall–Kier alpha value is -1.32. The summed E-state index contributed by atoms with van der Waals surface area (Å²) in [6.07, 6.45) is 4.54. The van der Waals surface area contributed by atoms with Crippen LogP contribution in [0, 0.1) is 17.3 Å². The summed E-state index contributed by atoms with van der Waals surface area (Å²) in [5, 5.41) is 9.22. The monoisotopic (exact) mass is 282 g/mol. The number of hydrogen-bond donors (Lipinski definition) is 1. The highest BCUT2D eigenvalue weighted by Gasteiger charge is 2.53. The first-order valence-electron chi connectivity index (χ1n) is 7.15. The number of hydrogen-bond acceptors (Lipinski definition) is 3. The predicted octanol–water partition coefficient (Wildman–Crippen LogP) is 3.41. The summed E-state index contributed by atoms with van der Waals surface area (Å²) in [5.41, 5.74) is -0.863. The molecule has 4 nitrogen and oxygen atoms in total. The van der Waals surface area contributed by atoms with E-state index in [0.717, 1.165) is 19.3 Å². The second-order valence-electron chi connectivity index (χ2n) is 7.01. The van der Waals surface area contributed by atoms with Crippen molar-refractivity contribution in [3.63, 3.8) is 0 Å². The van der Waals surface area contributed by atoms with Gasteiger partial charge < -0.3 is 9.84 Å². The Bertz CT molecular complexity index is 394. The van der Waals surface area contributed by atoms with Crippen molar-refractivity contribution in [2.24, 2.45) is 17.3 Å². The van der Waals surface area contributed by atoms with E-state index in [1.165, 1.54) is 0 Å². The molecule has 2 unspecified atom stereocenters. The van der Waals surface area contributed by atoms with E-state index in [2.05, 4.69) is 6.58 Å². The molecule has 1 aliphatic carbocycles. The van der Waals surface area contributed by atoms with Crippen molar-refractivity contribution in [1.82, 2.24) is 0 Å². The maximum atomic E-state index is 12.0. The maximum Gasteiger partial charge on any atom is 0.307 e. The lowest BCUT2D eigenvalue weighted by atomic mass is 9.79. The molecule has 3 atom stereocenters. The standard InChI is InChI=1S/C16H26O4/c1-6-7-8-11-10-16(11,5)20-13(17)9-12(14(18)19)15(2,3)4/h6,11-12H,1,7-10H2,2-5H3,(H,18,19)/t11?,12-,16?/m1/s1. The van der Waals surface area contributed by atoms with Crippen LogP contribution in [0.2, 0.25) is 0 Å². The summed E-state index contributed by atoms with van der Waals surface area (Å²) < 4.78 is 5.50. The number of carbonyl (C=O) groups excluding carboxylic acids is 1. The number of esters is 1. The van der Waals surface area contributed by atoms with Crippen LogP contribution in [-0.2, 0) is 14.3 Å². The van der Waals surface area contributed by atoms with Crippen LogP contribution in [-0.4, -0.2) is 22.6 Å². The highest BCUT2D eigenvalue weighted by molar-refractivity contribution is 5.79. The first kappa shape index (κ1) is 16.7. The fraction of sp³-hybridized carbons (Fsp3) is 0.750. The normalized spacial score (nSPS) is 26.7. The van der Waals surface area contributed by atoms with Crippen LogP contribution in [0.15, 0.2) is 12.7 Å². The molecule has 0 aromatic rings. The van der Waals surface area contributed by atoms with Crippen LogP contribution in [0.4, 0.5) is 0 Å². The lowest BCUT2D eigenvalue weighted by Gasteiger charge is -2.26. The number of carboxylic acids is 1. The molecule has 0 aromatic heterocycles. The summed E-state index contributed by atoms with van der Waals surface area (Å²) in [4.78, 5) is 23.2. The molecular weight excluding hydrogens is 256 g/mol. The van der Waals surface area contributed by atoms with Gasteiger partial charge in [0.25, 0.3) is 0 Å². The van der Waals surface area contributed by atoms with Crippen molar-refractivity contribution in [3.05, 3.63) is 12.7 Å². The third kappa shape index (κ3) is 4.36. The molecule has 1 fully saturated rings. The average Bonchev–Trinajstić information content (AvgIpc) is 2.91. The van der Waals surface area contributed by atoms with E-state index >= 15 is 0 Å². The summed E-state index contributed by atoms with van der Waals surface area (Å²) >= 11 is 0. The molecule has 0 heterocycles. The van der Waals surface area contributed by atoms with E-state index in [1.54, 1.807) is 0 Å². The minimum atomic E-state index is -0.946. The zero-order valence-corrected chi connectivity index (χ0v) is 12.9. The largest absolute Gasteiger partial charge is 0.481 e. The van der Waals surface area contributed by atoms with Gasteiger partial charge in [0.1, 0.15) is 5.60 Å². The fourth-order valence-corrected chi connectivity index (χ4v) is 2.51. The van der Waals surface area contributed by atoms with Crippen LogP contribution < -0.4 is 0 Å². The Morgan fingerprint density at radius 1 is 1.50 bits per heavy atom. The molecule has 114 valence electrons. The molecule has 20 heavy (non-hydrogen) atoms. The van der Waals surface area contributed by atoms with Gasteiger partial charge in [0, 0.05) is 5.92 Å². The van der Waals surface area contributed by atoms with E-state index in [9.17, 15) is 14.7 Å². The molecule has 1 N–H and O–H groups in total. The molecular formula is C16H26O4. The van der Waals surface area contributed by atoms with Gasteiger partial charge in [-0.1, -0.05) is 26.8 Å². The average molecular weight is 282 g/mol. The Morgan fingerprint density at radius 2 is 2.10 bits per heavy atom. The van der Waals surface area contributed by atoms with Gasteiger partial charge in [0.05, 0.1) is 12.3 Å². The van der Waals surface area contributed by atoms with Gasteiger partial charge in [0.2, 0.25) is 0 Å². The van der Waals surface area contributed by atoms with Gasteiger partial charge in [-0.25, -0.2) is 0 Å². The van der Waals surface area contributed by atoms with Crippen LogP contribution in [0.3, 0.4) is 0 Å². The van der Waals surface area contributed by atoms with Gasteiger partial charge in [-0.15, -0.1) is 6.58 Å². The number of rotatable bonds is 7. The smallest absolute Gasteiger partial charge is 0.307 e. The molecule has 1 rings (SSSR count). The lowest BCUT2D eigenvalue weighted by Crippen LogP contribution is -2.32. The first-order chi connectivity index (χ1) is 9.10. The second-order valence-corrected chi connectivity index (χ2v) is 7.01. The molecule has 0 radical (unpaired) electrons. The fourth-order valence-electron chi connectivity index (χ4n) is 2.51. The van der Waals surface area contributed by atoms with Gasteiger partial charge in [-0.3, -0.25) is 9.59 Å². The topological polar surface area (TPSA) is 63.6 Å². The number of aliphatic carboxylic acids is 1. The van der Waals surface area contributed by atoms with Gasteiger partial charge in [0.15, 0.2) is 0 Å². The first-order valence-corrected chi connectivity index (χ1v) is 7.15. The van der Waals surface area contributed by atoms with Crippen molar-refractivity contribution in [2.45, 2.75) is 59.0 Å². The summed E-state index contributed by atoms with van der Waals surface area (Å²) in [7, 11) is 0. The van der Waals surface area contributed by atoms with Crippen LogP contribution in [0.1, 0.15) is 53.4 Å². The van der Waals surface area contributed by atoms with E-state index in [0.29, 0.717) is 5.92 Å². The molecule has 0 spiro atoms. The maximum absolute atomic E-state index is 12.0. The van der Waals surface area contributed by atoms with E-state index in [1.807, 2.05) is 33.8 Å². The SMILES string of the molecule is C=CCCC1CC1(C)OC(=O)C[C@H](C(=O)O)C(C)(C)C. The van der Waals surface area contributed by atoms with Crippen molar-refractivity contribution in [3.8, 4) is 0 Å². The molecule has 1 aliphatic rings. The minimum absolute atomic E-state index is 0.0669. The predicted molar refractivity (Wildman–Crippen MR) is 77.2 cm³/mol. The van der Waals surface area contributed by atoms with Crippen LogP contribution in [0.25, 0.3) is 0 Å². The molecule has 0 bridgehead atoms. The highest BCUT2D eigenvalue weighted by atomic mass is 16.6. The molecule has 0 aliphatic heterocycles. The van der Waals surface area contributed by atoms with Crippen molar-refractivity contribution in [2.75, 3.05) is 0 Å². The zero-order valence-electron chi connectivity index (χ0n) is 12.9. The quantitative estimate of drug-likeness (QED) is 0.574. The molecule has 4 heteroatoms. The molecule has 0 amide bonds. The van der Waals surface area contributed by atoms with E-state index < -0.39 is 28.9 Å². The molecule has 1 saturated carbocycles. The van der Waals surface area contributed by atoms with E-state index in [4.69, 9.17) is 4.74 Å². The number of allylic oxidation sites excluding steroid dienone is 1. The Kier molecular flexibility index (Phi) is 5.00. The Balaban J connectivity index is 2.52. The van der Waals surface area contributed by atoms with Crippen LogP contribution in [0.5, 0.6) is 0 Å². The lowest BCUT2D eigenvalue weighted by molar-refractivity contribution is -0.159. The Labute approximate surface area is 121 Å². The molecule has 0 saturated heterocycles. The third-order valence-corrected chi connectivity index (χ3v) is 4.14. The zero-order chi connectivity index (χ0) is 15.6. The number of carboxylic acid groups (broad SMARTS) is 1.